The van der Waals surface area contributed by atoms with Gasteiger partial charge in [0.25, 0.3) is 0 Å². The summed E-state index contributed by atoms with van der Waals surface area (Å²) in [6.07, 6.45) is 7.98. The van der Waals surface area contributed by atoms with Gasteiger partial charge in [0.05, 0.1) is 17.2 Å². The van der Waals surface area contributed by atoms with Crippen molar-refractivity contribution in [3.63, 3.8) is 0 Å². The average molecular weight is 507 g/mol. The van der Waals surface area contributed by atoms with Crippen LogP contribution in [0.25, 0.3) is 33.3 Å². The van der Waals surface area contributed by atoms with Gasteiger partial charge in [0.2, 0.25) is 5.91 Å². The number of nitriles is 1. The second kappa shape index (κ2) is 10.1. The van der Waals surface area contributed by atoms with Crippen molar-refractivity contribution >= 4 is 45.3 Å². The van der Waals surface area contributed by atoms with E-state index in [1.165, 1.54) is 0 Å². The Bertz CT molecular complexity index is 1590. The Morgan fingerprint density at radius 3 is 2.55 bits per heavy atom. The van der Waals surface area contributed by atoms with Crippen LogP contribution >= 0.6 is 0 Å². The van der Waals surface area contributed by atoms with Crippen molar-refractivity contribution in [2.24, 2.45) is 5.92 Å². The van der Waals surface area contributed by atoms with Gasteiger partial charge in [-0.2, -0.15) is 5.26 Å². The van der Waals surface area contributed by atoms with Crippen LogP contribution in [0.5, 0.6) is 0 Å². The molecule has 2 aromatic carbocycles. The summed E-state index contributed by atoms with van der Waals surface area (Å²) in [6.45, 7) is 6.47. The summed E-state index contributed by atoms with van der Waals surface area (Å²) >= 11 is 0. The number of pyridine rings is 1. The van der Waals surface area contributed by atoms with Crippen LogP contribution in [-0.2, 0) is 4.74 Å². The standard InChI is InChI=1S/C31H30N4O3/c1-31(2,3)38-30(37)34-15-12-21(13-16-34)29(36)35-20-27(26-9-4-5-10-28(26)35)24(18-32)17-22-7-6-8-23-19-33-14-11-25(22)23/h4-11,14,17,19-21H,12-13,15-16H2,1-3H3/b24-17+. The third-order valence-corrected chi connectivity index (χ3v) is 6.87. The molecule has 1 amide bonds. The molecule has 4 aromatic rings. The molecule has 0 radical (unpaired) electrons. The van der Waals surface area contributed by atoms with Crippen LogP contribution in [0.15, 0.2) is 67.1 Å². The average Bonchev–Trinajstić information content (AvgIpc) is 3.30. The molecule has 0 atom stereocenters. The molecular formula is C31H30N4O3. The number of likely N-dealkylation sites (tertiary alicyclic amines) is 1. The van der Waals surface area contributed by atoms with Gasteiger partial charge in [-0.3, -0.25) is 14.3 Å². The lowest BCUT2D eigenvalue weighted by atomic mass is 9.96. The monoisotopic (exact) mass is 506 g/mol. The summed E-state index contributed by atoms with van der Waals surface area (Å²) in [5.74, 6) is -0.248. The first-order valence-corrected chi connectivity index (χ1v) is 12.8. The van der Waals surface area contributed by atoms with Crippen molar-refractivity contribution in [1.29, 1.82) is 5.26 Å². The molecule has 0 saturated carbocycles. The maximum atomic E-state index is 13.7. The first-order valence-electron chi connectivity index (χ1n) is 12.8. The molecule has 3 heterocycles. The molecule has 0 unspecified atom stereocenters. The Kier molecular flexibility index (Phi) is 6.73. The van der Waals surface area contributed by atoms with Crippen LogP contribution in [-0.4, -0.2) is 45.1 Å². The van der Waals surface area contributed by atoms with E-state index in [1.54, 1.807) is 28.1 Å². The minimum Gasteiger partial charge on any atom is -0.444 e. The molecule has 7 heteroatoms. The maximum absolute atomic E-state index is 13.7. The lowest BCUT2D eigenvalue weighted by Crippen LogP contribution is -2.43. The third kappa shape index (κ3) is 5.03. The van der Waals surface area contributed by atoms with Gasteiger partial charge in [0.15, 0.2) is 0 Å². The first kappa shape index (κ1) is 25.2. The predicted octanol–water partition coefficient (Wildman–Crippen LogP) is 6.54. The Morgan fingerprint density at radius 2 is 1.82 bits per heavy atom. The van der Waals surface area contributed by atoms with Crippen LogP contribution in [0, 0.1) is 17.2 Å². The second-order valence-electron chi connectivity index (χ2n) is 10.6. The van der Waals surface area contributed by atoms with Crippen LogP contribution in [0.3, 0.4) is 0 Å². The highest BCUT2D eigenvalue weighted by Gasteiger charge is 2.31. The lowest BCUT2D eigenvalue weighted by Gasteiger charge is -2.33. The summed E-state index contributed by atoms with van der Waals surface area (Å²) in [4.78, 5) is 32.0. The molecule has 0 bridgehead atoms. The van der Waals surface area contributed by atoms with Crippen LogP contribution < -0.4 is 0 Å². The number of hydrogen-bond donors (Lipinski definition) is 0. The number of piperidine rings is 1. The van der Waals surface area contributed by atoms with Crippen LogP contribution in [0.2, 0.25) is 0 Å². The zero-order valence-corrected chi connectivity index (χ0v) is 21.8. The first-order chi connectivity index (χ1) is 18.2. The summed E-state index contributed by atoms with van der Waals surface area (Å²) in [7, 11) is 0. The number of benzene rings is 2. The summed E-state index contributed by atoms with van der Waals surface area (Å²) in [5, 5.41) is 13.0. The van der Waals surface area contributed by atoms with Gasteiger partial charge in [-0.05, 0) is 62.8 Å². The third-order valence-electron chi connectivity index (χ3n) is 6.87. The fourth-order valence-electron chi connectivity index (χ4n) is 5.01. The fraction of sp³-hybridized carbons (Fsp3) is 0.290. The van der Waals surface area contributed by atoms with Crippen molar-refractivity contribution in [1.82, 2.24) is 14.5 Å². The number of aromatic nitrogens is 2. The molecule has 0 aliphatic carbocycles. The highest BCUT2D eigenvalue weighted by molar-refractivity contribution is 6.06. The molecule has 2 aromatic heterocycles. The number of fused-ring (bicyclic) bond motifs is 2. The van der Waals surface area contributed by atoms with E-state index in [1.807, 2.05) is 75.4 Å². The summed E-state index contributed by atoms with van der Waals surface area (Å²) < 4.78 is 7.17. The summed E-state index contributed by atoms with van der Waals surface area (Å²) in [6, 6.07) is 17.9. The minimum absolute atomic E-state index is 0.0233. The smallest absolute Gasteiger partial charge is 0.410 e. The molecule has 192 valence electrons. The van der Waals surface area contributed by atoms with Crippen molar-refractivity contribution in [2.75, 3.05) is 13.1 Å². The topological polar surface area (TPSA) is 88.2 Å². The van der Waals surface area contributed by atoms with E-state index in [4.69, 9.17) is 4.74 Å². The number of allylic oxidation sites excluding steroid dienone is 1. The second-order valence-corrected chi connectivity index (χ2v) is 10.6. The van der Waals surface area contributed by atoms with Gasteiger partial charge in [-0.1, -0.05) is 36.4 Å². The van der Waals surface area contributed by atoms with Gasteiger partial charge in [-0.15, -0.1) is 0 Å². The van der Waals surface area contributed by atoms with E-state index in [0.29, 0.717) is 37.1 Å². The molecule has 1 aliphatic rings. The molecule has 0 spiro atoms. The molecule has 5 rings (SSSR count). The zero-order chi connectivity index (χ0) is 26.9. The number of nitrogens with zero attached hydrogens (tertiary/aromatic N) is 4. The number of amides is 1. The molecule has 1 aliphatic heterocycles. The molecular weight excluding hydrogens is 476 g/mol. The summed E-state index contributed by atoms with van der Waals surface area (Å²) in [5.41, 5.74) is 2.33. The van der Waals surface area contributed by atoms with E-state index < -0.39 is 5.60 Å². The molecule has 1 fully saturated rings. The van der Waals surface area contributed by atoms with Gasteiger partial charge in [-0.25, -0.2) is 4.79 Å². The highest BCUT2D eigenvalue weighted by Crippen LogP contribution is 2.32. The zero-order valence-electron chi connectivity index (χ0n) is 21.8. The van der Waals surface area contributed by atoms with E-state index in [9.17, 15) is 14.9 Å². The van der Waals surface area contributed by atoms with Crippen molar-refractivity contribution in [3.8, 4) is 6.07 Å². The quantitative estimate of drug-likeness (QED) is 0.294. The maximum Gasteiger partial charge on any atom is 0.410 e. The molecule has 7 nitrogen and oxygen atoms in total. The van der Waals surface area contributed by atoms with Gasteiger partial charge in [0.1, 0.15) is 5.60 Å². The molecule has 1 saturated heterocycles. The van der Waals surface area contributed by atoms with Gasteiger partial charge < -0.3 is 9.64 Å². The molecule has 0 N–H and O–H groups in total. The SMILES string of the molecule is CC(C)(C)OC(=O)N1CCC(C(=O)n2cc(/C(C#N)=C/c3cccc4cnccc34)c3ccccc32)CC1. The van der Waals surface area contributed by atoms with Crippen molar-refractivity contribution in [2.45, 2.75) is 39.2 Å². The largest absolute Gasteiger partial charge is 0.444 e. The number of ether oxygens (including phenoxy) is 1. The number of hydrogen-bond acceptors (Lipinski definition) is 5. The number of carbonyl (C=O) groups excluding carboxylic acids is 2. The molecule has 38 heavy (non-hydrogen) atoms. The Morgan fingerprint density at radius 1 is 1.05 bits per heavy atom. The van der Waals surface area contributed by atoms with E-state index in [2.05, 4.69) is 11.1 Å². The Labute approximate surface area is 221 Å². The normalized spacial score (nSPS) is 15.0. The minimum atomic E-state index is -0.556. The number of carbonyl (C=O) groups is 2. The van der Waals surface area contributed by atoms with Crippen LogP contribution in [0.4, 0.5) is 4.79 Å². The Hall–Kier alpha value is -4.44. The van der Waals surface area contributed by atoms with E-state index >= 15 is 0 Å². The van der Waals surface area contributed by atoms with Gasteiger partial charge >= 0.3 is 6.09 Å². The van der Waals surface area contributed by atoms with E-state index in [-0.39, 0.29) is 17.9 Å². The van der Waals surface area contributed by atoms with Crippen molar-refractivity contribution in [3.05, 3.63) is 78.2 Å². The van der Waals surface area contributed by atoms with E-state index in [0.717, 1.165) is 27.2 Å². The number of rotatable bonds is 3. The lowest BCUT2D eigenvalue weighted by molar-refractivity contribution is 0.0177. The van der Waals surface area contributed by atoms with Gasteiger partial charge in [0, 0.05) is 53.9 Å². The van der Waals surface area contributed by atoms with Crippen LogP contribution in [0.1, 0.15) is 49.5 Å². The highest BCUT2D eigenvalue weighted by atomic mass is 16.6. The number of para-hydroxylation sites is 1. The fourth-order valence-corrected chi connectivity index (χ4v) is 5.01. The van der Waals surface area contributed by atoms with Crippen molar-refractivity contribution < 1.29 is 14.3 Å². The Balaban J connectivity index is 1.45. The predicted molar refractivity (Wildman–Crippen MR) is 148 cm³/mol.